The Morgan fingerprint density at radius 2 is 1.75 bits per heavy atom. The lowest BCUT2D eigenvalue weighted by atomic mass is 10.2. The number of benzene rings is 2. The van der Waals surface area contributed by atoms with E-state index in [1.54, 1.807) is 36.4 Å². The molecular formula is C15H11Cl2NO2. The molecule has 0 saturated heterocycles. The maximum absolute atomic E-state index is 11.7. The van der Waals surface area contributed by atoms with E-state index in [1.165, 1.54) is 18.2 Å². The maximum atomic E-state index is 11.7. The van der Waals surface area contributed by atoms with Crippen molar-refractivity contribution in [3.05, 3.63) is 64.1 Å². The van der Waals surface area contributed by atoms with Crippen LogP contribution in [0, 0.1) is 0 Å². The van der Waals surface area contributed by atoms with Gasteiger partial charge in [0, 0.05) is 11.8 Å². The Bertz CT molecular complexity index is 651. The van der Waals surface area contributed by atoms with Gasteiger partial charge in [-0.1, -0.05) is 29.3 Å². The summed E-state index contributed by atoms with van der Waals surface area (Å²) in [5.74, 6) is -0.129. The Balaban J connectivity index is 2.01. The average molecular weight is 308 g/mol. The van der Waals surface area contributed by atoms with Crippen LogP contribution in [0.5, 0.6) is 5.75 Å². The summed E-state index contributed by atoms with van der Waals surface area (Å²) in [6.07, 6.45) is 3.03. The summed E-state index contributed by atoms with van der Waals surface area (Å²) in [6, 6.07) is 11.3. The molecule has 0 fully saturated rings. The van der Waals surface area contributed by atoms with Gasteiger partial charge in [-0.05, 0) is 48.0 Å². The smallest absolute Gasteiger partial charge is 0.248 e. The Hall–Kier alpha value is -1.97. The summed E-state index contributed by atoms with van der Waals surface area (Å²) >= 11 is 11.7. The molecule has 0 aliphatic rings. The maximum Gasteiger partial charge on any atom is 0.248 e. The molecule has 2 rings (SSSR count). The number of amides is 1. The average Bonchev–Trinajstić information content (AvgIpc) is 2.43. The summed E-state index contributed by atoms with van der Waals surface area (Å²) in [5, 5.41) is 12.7. The van der Waals surface area contributed by atoms with Crippen molar-refractivity contribution < 1.29 is 9.90 Å². The number of carbonyl (C=O) groups excluding carboxylic acids is 1. The van der Waals surface area contributed by atoms with Crippen molar-refractivity contribution in [1.29, 1.82) is 0 Å². The number of phenols is 1. The molecule has 0 bridgehead atoms. The third-order valence-electron chi connectivity index (χ3n) is 2.51. The Labute approximate surface area is 126 Å². The van der Waals surface area contributed by atoms with Crippen molar-refractivity contribution in [1.82, 2.24) is 0 Å². The molecule has 2 aromatic carbocycles. The molecule has 0 aromatic heterocycles. The molecule has 5 heteroatoms. The van der Waals surface area contributed by atoms with E-state index in [9.17, 15) is 4.79 Å². The van der Waals surface area contributed by atoms with E-state index in [0.29, 0.717) is 15.7 Å². The monoisotopic (exact) mass is 307 g/mol. The van der Waals surface area contributed by atoms with Crippen molar-refractivity contribution in [2.75, 3.05) is 5.32 Å². The second kappa shape index (κ2) is 6.46. The second-order valence-corrected chi connectivity index (χ2v) is 4.86. The van der Waals surface area contributed by atoms with E-state index in [2.05, 4.69) is 5.32 Å². The summed E-state index contributed by atoms with van der Waals surface area (Å²) in [5.41, 5.74) is 1.38. The van der Waals surface area contributed by atoms with Gasteiger partial charge in [0.2, 0.25) is 5.91 Å². The van der Waals surface area contributed by atoms with Crippen LogP contribution < -0.4 is 5.32 Å². The Morgan fingerprint density at radius 1 is 1.05 bits per heavy atom. The Morgan fingerprint density at radius 3 is 2.40 bits per heavy atom. The second-order valence-electron chi connectivity index (χ2n) is 4.04. The van der Waals surface area contributed by atoms with Crippen molar-refractivity contribution in [3.8, 4) is 5.75 Å². The molecule has 2 N–H and O–H groups in total. The number of hydrogen-bond donors (Lipinski definition) is 2. The van der Waals surface area contributed by atoms with Crippen LogP contribution in [-0.2, 0) is 4.79 Å². The highest BCUT2D eigenvalue weighted by Gasteiger charge is 2.00. The number of hydrogen-bond acceptors (Lipinski definition) is 2. The van der Waals surface area contributed by atoms with Crippen LogP contribution in [0.15, 0.2) is 48.5 Å². The number of aromatic hydroxyl groups is 1. The highest BCUT2D eigenvalue weighted by molar-refractivity contribution is 6.42. The molecule has 3 nitrogen and oxygen atoms in total. The predicted molar refractivity (Wildman–Crippen MR) is 82.2 cm³/mol. The number of carbonyl (C=O) groups is 1. The highest BCUT2D eigenvalue weighted by Crippen LogP contribution is 2.23. The van der Waals surface area contributed by atoms with E-state index in [0.717, 1.165) is 5.56 Å². The number of rotatable bonds is 3. The molecule has 0 aliphatic heterocycles. The molecular weight excluding hydrogens is 297 g/mol. The van der Waals surface area contributed by atoms with Crippen LogP contribution in [0.25, 0.3) is 6.08 Å². The minimum Gasteiger partial charge on any atom is -0.508 e. The number of nitrogens with one attached hydrogen (secondary N) is 1. The largest absolute Gasteiger partial charge is 0.508 e. The van der Waals surface area contributed by atoms with Crippen molar-refractivity contribution in [3.63, 3.8) is 0 Å². The minimum atomic E-state index is -0.276. The number of halogens is 2. The zero-order valence-electron chi connectivity index (χ0n) is 10.3. The SMILES string of the molecule is O=C(/C=C/c1ccc(Cl)c(Cl)c1)Nc1ccc(O)cc1. The fourth-order valence-corrected chi connectivity index (χ4v) is 1.82. The van der Waals surface area contributed by atoms with E-state index in [-0.39, 0.29) is 11.7 Å². The fourth-order valence-electron chi connectivity index (χ4n) is 1.52. The zero-order valence-corrected chi connectivity index (χ0v) is 11.8. The van der Waals surface area contributed by atoms with Crippen molar-refractivity contribution >= 4 is 40.9 Å². The predicted octanol–water partition coefficient (Wildman–Crippen LogP) is 4.35. The zero-order chi connectivity index (χ0) is 14.5. The van der Waals surface area contributed by atoms with Crippen LogP contribution in [0.2, 0.25) is 10.0 Å². The van der Waals surface area contributed by atoms with Gasteiger partial charge in [-0.15, -0.1) is 0 Å². The molecule has 2 aromatic rings. The van der Waals surface area contributed by atoms with Gasteiger partial charge >= 0.3 is 0 Å². The van der Waals surface area contributed by atoms with Crippen molar-refractivity contribution in [2.24, 2.45) is 0 Å². The summed E-state index contributed by atoms with van der Waals surface area (Å²) in [6.45, 7) is 0. The van der Waals surface area contributed by atoms with Gasteiger partial charge in [0.1, 0.15) is 5.75 Å². The molecule has 102 valence electrons. The van der Waals surface area contributed by atoms with Gasteiger partial charge < -0.3 is 10.4 Å². The molecule has 20 heavy (non-hydrogen) atoms. The van der Waals surface area contributed by atoms with Crippen LogP contribution in [0.4, 0.5) is 5.69 Å². The molecule has 0 aliphatic carbocycles. The lowest BCUT2D eigenvalue weighted by Gasteiger charge is -2.02. The van der Waals surface area contributed by atoms with E-state index < -0.39 is 0 Å². The molecule has 0 atom stereocenters. The highest BCUT2D eigenvalue weighted by atomic mass is 35.5. The van der Waals surface area contributed by atoms with Gasteiger partial charge in [0.25, 0.3) is 0 Å². The molecule has 0 radical (unpaired) electrons. The number of phenolic OH excluding ortho intramolecular Hbond substituents is 1. The fraction of sp³-hybridized carbons (Fsp3) is 0. The van der Waals surface area contributed by atoms with Crippen LogP contribution >= 0.6 is 23.2 Å². The Kier molecular flexibility index (Phi) is 4.66. The van der Waals surface area contributed by atoms with Crippen LogP contribution in [0.1, 0.15) is 5.56 Å². The van der Waals surface area contributed by atoms with E-state index in [1.807, 2.05) is 0 Å². The van der Waals surface area contributed by atoms with Gasteiger partial charge in [0.05, 0.1) is 10.0 Å². The lowest BCUT2D eigenvalue weighted by Crippen LogP contribution is -2.07. The van der Waals surface area contributed by atoms with E-state index in [4.69, 9.17) is 28.3 Å². The topological polar surface area (TPSA) is 49.3 Å². The first-order chi connectivity index (χ1) is 9.54. The lowest BCUT2D eigenvalue weighted by molar-refractivity contribution is -0.111. The van der Waals surface area contributed by atoms with Crippen LogP contribution in [-0.4, -0.2) is 11.0 Å². The molecule has 0 unspecified atom stereocenters. The summed E-state index contributed by atoms with van der Waals surface area (Å²) in [4.78, 5) is 11.7. The van der Waals surface area contributed by atoms with Gasteiger partial charge in [-0.2, -0.15) is 0 Å². The number of anilines is 1. The molecule has 1 amide bonds. The third kappa shape index (κ3) is 4.02. The first-order valence-electron chi connectivity index (χ1n) is 5.78. The first kappa shape index (κ1) is 14.4. The van der Waals surface area contributed by atoms with Crippen molar-refractivity contribution in [2.45, 2.75) is 0 Å². The van der Waals surface area contributed by atoms with Gasteiger partial charge in [-0.3, -0.25) is 4.79 Å². The molecule has 0 heterocycles. The van der Waals surface area contributed by atoms with E-state index >= 15 is 0 Å². The quantitative estimate of drug-likeness (QED) is 0.654. The summed E-state index contributed by atoms with van der Waals surface area (Å²) < 4.78 is 0. The van der Waals surface area contributed by atoms with Gasteiger partial charge in [0.15, 0.2) is 0 Å². The minimum absolute atomic E-state index is 0.148. The molecule has 0 saturated carbocycles. The standard InChI is InChI=1S/C15H11Cl2NO2/c16-13-7-1-10(9-14(13)17)2-8-15(20)18-11-3-5-12(19)6-4-11/h1-9,19H,(H,18,20)/b8-2+. The molecule has 0 spiro atoms. The van der Waals surface area contributed by atoms with Gasteiger partial charge in [-0.25, -0.2) is 0 Å². The van der Waals surface area contributed by atoms with Crippen LogP contribution in [0.3, 0.4) is 0 Å². The normalized spacial score (nSPS) is 10.7. The summed E-state index contributed by atoms with van der Waals surface area (Å²) in [7, 11) is 0. The first-order valence-corrected chi connectivity index (χ1v) is 6.53. The third-order valence-corrected chi connectivity index (χ3v) is 3.24.